The number of phosphoric ester groups is 1. The molecule has 8 nitrogen and oxygen atoms in total. The van der Waals surface area contributed by atoms with Crippen LogP contribution in [0.25, 0.3) is 0 Å². The molecule has 0 fully saturated rings. The minimum absolute atomic E-state index is 0.0563. The number of aliphatic hydroxyl groups is 1. The third kappa shape index (κ3) is 48.5. The number of hydrogen-bond acceptors (Lipinski definition) is 5. The highest BCUT2D eigenvalue weighted by Gasteiger charge is 2.27. The molecule has 0 aromatic carbocycles. The van der Waals surface area contributed by atoms with Crippen LogP contribution < -0.4 is 5.32 Å². The summed E-state index contributed by atoms with van der Waals surface area (Å²) in [6.07, 6.45) is 58.0. The quantitative estimate of drug-likeness (QED) is 0.0243. The van der Waals surface area contributed by atoms with Gasteiger partial charge in [0.2, 0.25) is 5.91 Å². The van der Waals surface area contributed by atoms with Crippen LogP contribution in [0.15, 0.2) is 36.5 Å². The van der Waals surface area contributed by atoms with E-state index in [0.29, 0.717) is 17.4 Å². The van der Waals surface area contributed by atoms with E-state index in [9.17, 15) is 19.4 Å². The molecule has 0 aromatic rings. The monoisotopic (exact) mass is 910 g/mol. The summed E-state index contributed by atoms with van der Waals surface area (Å²) in [4.78, 5) is 23.2. The summed E-state index contributed by atoms with van der Waals surface area (Å²) in [7, 11) is 1.56. The van der Waals surface area contributed by atoms with Crippen LogP contribution >= 0.6 is 7.82 Å². The second kappa shape index (κ2) is 45.9. The fraction of sp³-hybridized carbons (Fsp3) is 0.870. The number of likely N-dealkylation sites (N-methyl/N-ethyl adjacent to an activating group) is 1. The average Bonchev–Trinajstić information content (AvgIpc) is 3.24. The molecule has 63 heavy (non-hydrogen) atoms. The minimum atomic E-state index is -4.35. The molecule has 3 N–H and O–H groups in total. The maximum absolute atomic E-state index is 12.9. The number of amides is 1. The van der Waals surface area contributed by atoms with Crippen molar-refractivity contribution in [1.29, 1.82) is 0 Å². The van der Waals surface area contributed by atoms with Crippen molar-refractivity contribution in [1.82, 2.24) is 5.32 Å². The first-order valence-electron chi connectivity index (χ1n) is 26.9. The Balaban J connectivity index is 4.32. The van der Waals surface area contributed by atoms with Gasteiger partial charge in [-0.05, 0) is 57.8 Å². The fourth-order valence-corrected chi connectivity index (χ4v) is 8.55. The molecule has 0 saturated carbocycles. The number of unbranched alkanes of at least 4 members (excludes halogenated alkanes) is 32. The summed E-state index contributed by atoms with van der Waals surface area (Å²) in [5, 5.41) is 13.9. The molecule has 3 unspecified atom stereocenters. The van der Waals surface area contributed by atoms with Gasteiger partial charge in [0.05, 0.1) is 39.9 Å². The third-order valence-corrected chi connectivity index (χ3v) is 13.1. The Morgan fingerprint density at radius 3 is 1.27 bits per heavy atom. The molecule has 1 amide bonds. The van der Waals surface area contributed by atoms with Crippen LogP contribution in [0.3, 0.4) is 0 Å². The number of carbonyl (C=O) groups excluding carboxylic acids is 1. The van der Waals surface area contributed by atoms with E-state index in [1.165, 1.54) is 193 Å². The molecule has 372 valence electrons. The number of allylic oxidation sites excluding steroid dienone is 5. The Labute approximate surface area is 391 Å². The van der Waals surface area contributed by atoms with Crippen LogP contribution in [-0.4, -0.2) is 73.4 Å². The van der Waals surface area contributed by atoms with Crippen molar-refractivity contribution in [3.8, 4) is 0 Å². The van der Waals surface area contributed by atoms with Crippen molar-refractivity contribution in [2.24, 2.45) is 0 Å². The van der Waals surface area contributed by atoms with Gasteiger partial charge in [-0.3, -0.25) is 13.8 Å². The predicted molar refractivity (Wildman–Crippen MR) is 272 cm³/mol. The Morgan fingerprint density at radius 1 is 0.524 bits per heavy atom. The van der Waals surface area contributed by atoms with E-state index < -0.39 is 20.0 Å². The van der Waals surface area contributed by atoms with E-state index in [1.54, 1.807) is 6.08 Å². The van der Waals surface area contributed by atoms with Crippen molar-refractivity contribution in [3.05, 3.63) is 36.5 Å². The smallest absolute Gasteiger partial charge is 0.387 e. The third-order valence-electron chi connectivity index (χ3n) is 12.1. The van der Waals surface area contributed by atoms with E-state index in [1.807, 2.05) is 27.2 Å². The topological polar surface area (TPSA) is 105 Å². The van der Waals surface area contributed by atoms with Crippen LogP contribution in [0.1, 0.15) is 251 Å². The Bertz CT molecular complexity index is 1120. The first-order chi connectivity index (χ1) is 30.5. The van der Waals surface area contributed by atoms with Crippen LogP contribution in [0.2, 0.25) is 0 Å². The minimum Gasteiger partial charge on any atom is -0.387 e. The average molecular weight is 910 g/mol. The van der Waals surface area contributed by atoms with Gasteiger partial charge in [-0.25, -0.2) is 4.57 Å². The number of nitrogens with zero attached hydrogens (tertiary/aromatic N) is 1. The summed E-state index contributed by atoms with van der Waals surface area (Å²) < 4.78 is 23.7. The summed E-state index contributed by atoms with van der Waals surface area (Å²) >= 11 is 0. The molecule has 3 atom stereocenters. The lowest BCUT2D eigenvalue weighted by Gasteiger charge is -2.25. The highest BCUT2D eigenvalue weighted by molar-refractivity contribution is 7.47. The summed E-state index contributed by atoms with van der Waals surface area (Å²) in [5.74, 6) is -0.187. The van der Waals surface area contributed by atoms with Crippen LogP contribution in [0, 0.1) is 0 Å². The second-order valence-corrected chi connectivity index (χ2v) is 21.0. The Morgan fingerprint density at radius 2 is 0.873 bits per heavy atom. The zero-order valence-electron chi connectivity index (χ0n) is 42.3. The molecule has 0 saturated heterocycles. The number of quaternary nitrogens is 1. The van der Waals surface area contributed by atoms with E-state index in [-0.39, 0.29) is 19.1 Å². The Kier molecular flexibility index (Phi) is 44.9. The number of hydrogen-bond donors (Lipinski definition) is 3. The first-order valence-corrected chi connectivity index (χ1v) is 28.4. The first kappa shape index (κ1) is 61.7. The lowest BCUT2D eigenvalue weighted by Crippen LogP contribution is -2.45. The van der Waals surface area contributed by atoms with Gasteiger partial charge in [-0.2, -0.15) is 0 Å². The van der Waals surface area contributed by atoms with Gasteiger partial charge in [-0.15, -0.1) is 0 Å². The van der Waals surface area contributed by atoms with E-state index in [2.05, 4.69) is 43.5 Å². The SMILES string of the molecule is CCCCCCCCCC/C=C\CCCCCCCCCCCC(=O)NC(COP(=O)(O)OCC[N+](C)(C)C)C(O)/C=C/CC/C=C/CCCCCCCCCCCCCCCC. The fourth-order valence-electron chi connectivity index (χ4n) is 7.82. The van der Waals surface area contributed by atoms with Gasteiger partial charge >= 0.3 is 7.82 Å². The maximum atomic E-state index is 12.9. The van der Waals surface area contributed by atoms with Crippen LogP contribution in [0.5, 0.6) is 0 Å². The molecule has 9 heteroatoms. The zero-order valence-corrected chi connectivity index (χ0v) is 43.2. The molecule has 0 aromatic heterocycles. The van der Waals surface area contributed by atoms with E-state index in [0.717, 1.165) is 38.5 Å². The normalized spacial score (nSPS) is 14.3. The molecule has 0 bridgehead atoms. The van der Waals surface area contributed by atoms with Crippen molar-refractivity contribution in [2.45, 2.75) is 264 Å². The van der Waals surface area contributed by atoms with Gasteiger partial charge in [0.1, 0.15) is 13.2 Å². The molecule has 0 aliphatic rings. The van der Waals surface area contributed by atoms with Gasteiger partial charge in [-0.1, -0.05) is 224 Å². The van der Waals surface area contributed by atoms with Crippen LogP contribution in [0.4, 0.5) is 0 Å². The number of nitrogens with one attached hydrogen (secondary N) is 1. The number of rotatable bonds is 49. The molecule has 0 spiro atoms. The molecule has 0 rings (SSSR count). The summed E-state index contributed by atoms with van der Waals surface area (Å²) in [6, 6.07) is -0.863. The van der Waals surface area contributed by atoms with E-state index >= 15 is 0 Å². The summed E-state index contributed by atoms with van der Waals surface area (Å²) in [6.45, 7) is 4.82. The molecular weight excluding hydrogens is 804 g/mol. The van der Waals surface area contributed by atoms with Crippen molar-refractivity contribution in [3.63, 3.8) is 0 Å². The molecule has 0 aliphatic carbocycles. The number of phosphoric acid groups is 1. The van der Waals surface area contributed by atoms with Crippen molar-refractivity contribution < 1.29 is 32.9 Å². The lowest BCUT2D eigenvalue weighted by molar-refractivity contribution is -0.870. The van der Waals surface area contributed by atoms with Crippen molar-refractivity contribution in [2.75, 3.05) is 40.9 Å². The molecule has 0 heterocycles. The highest BCUT2D eigenvalue weighted by atomic mass is 31.2. The van der Waals surface area contributed by atoms with Gasteiger partial charge < -0.3 is 19.8 Å². The van der Waals surface area contributed by atoms with Gasteiger partial charge in [0.25, 0.3) is 0 Å². The summed E-state index contributed by atoms with van der Waals surface area (Å²) in [5.41, 5.74) is 0. The van der Waals surface area contributed by atoms with Gasteiger partial charge in [0, 0.05) is 6.42 Å². The standard InChI is InChI=1S/C54H105N2O6P/c1-6-8-10-12-14-16-18-20-22-24-26-28-30-32-34-36-38-40-42-44-46-48-54(58)55-52(51-62-63(59,60)61-50-49-56(3,4)5)53(57)47-45-43-41-39-37-35-33-31-29-27-25-23-21-19-17-15-13-11-9-7-2/h24,26,37,39,45,47,52-53,57H,6-23,25,27-36,38,40-44,46,48-51H2,1-5H3,(H-,55,58,59,60)/p+1/b26-24-,39-37+,47-45+. The maximum Gasteiger partial charge on any atom is 0.472 e. The molecule has 0 radical (unpaired) electrons. The highest BCUT2D eigenvalue weighted by Crippen LogP contribution is 2.43. The Hall–Kier alpha value is -1.28. The lowest BCUT2D eigenvalue weighted by atomic mass is 10.0. The largest absolute Gasteiger partial charge is 0.472 e. The number of aliphatic hydroxyl groups excluding tert-OH is 1. The zero-order chi connectivity index (χ0) is 46.4. The number of carbonyl (C=O) groups is 1. The molecule has 0 aliphatic heterocycles. The second-order valence-electron chi connectivity index (χ2n) is 19.6. The molecular formula is C54H106N2O6P+. The van der Waals surface area contributed by atoms with Crippen LogP contribution in [-0.2, 0) is 18.4 Å². The van der Waals surface area contributed by atoms with Crippen molar-refractivity contribution >= 4 is 13.7 Å². The van der Waals surface area contributed by atoms with Gasteiger partial charge in [0.15, 0.2) is 0 Å². The predicted octanol–water partition coefficient (Wildman–Crippen LogP) is 15.8. The van der Waals surface area contributed by atoms with E-state index in [4.69, 9.17) is 9.05 Å².